The van der Waals surface area contributed by atoms with Crippen molar-refractivity contribution in [1.29, 1.82) is 0 Å². The third-order valence-corrected chi connectivity index (χ3v) is 6.28. The third-order valence-electron chi connectivity index (χ3n) is 4.25. The average Bonchev–Trinajstić information content (AvgIpc) is 2.92. The number of amides is 2. The molecular weight excluding hydrogens is 306 g/mol. The summed E-state index contributed by atoms with van der Waals surface area (Å²) in [6, 6.07) is 1.74. The van der Waals surface area contributed by atoms with Gasteiger partial charge in [-0.25, -0.2) is 13.2 Å². The molecule has 0 fully saturated rings. The molecule has 2 rings (SSSR count). The number of hydrogen-bond donors (Lipinski definition) is 1. The van der Waals surface area contributed by atoms with E-state index in [2.05, 4.69) is 5.32 Å². The summed E-state index contributed by atoms with van der Waals surface area (Å²) in [6.07, 6.45) is 2.86. The molecule has 1 aromatic heterocycles. The van der Waals surface area contributed by atoms with Crippen LogP contribution in [0.4, 0.5) is 4.79 Å². The number of sulfone groups is 1. The molecule has 0 saturated heterocycles. The summed E-state index contributed by atoms with van der Waals surface area (Å²) in [4.78, 5) is 25.8. The third kappa shape index (κ3) is 2.63. The van der Waals surface area contributed by atoms with Crippen LogP contribution in [-0.2, 0) is 21.2 Å². The smallest absolute Gasteiger partial charge is 0.328 e. The van der Waals surface area contributed by atoms with E-state index in [1.807, 2.05) is 13.0 Å². The van der Waals surface area contributed by atoms with Crippen LogP contribution in [0.5, 0.6) is 0 Å². The lowest BCUT2D eigenvalue weighted by atomic mass is 10.1. The molecule has 0 radical (unpaired) electrons. The normalized spacial score (nSPS) is 17.3. The average molecular weight is 327 g/mol. The van der Waals surface area contributed by atoms with Crippen LogP contribution in [0.15, 0.2) is 12.3 Å². The van der Waals surface area contributed by atoms with Gasteiger partial charge in [-0.2, -0.15) is 0 Å². The van der Waals surface area contributed by atoms with Gasteiger partial charge >= 0.3 is 6.03 Å². The van der Waals surface area contributed by atoms with Crippen molar-refractivity contribution in [2.24, 2.45) is 0 Å². The zero-order chi connectivity index (χ0) is 16.7. The van der Waals surface area contributed by atoms with Crippen LogP contribution in [0.1, 0.15) is 24.6 Å². The molecule has 1 aromatic rings. The second-order valence-corrected chi connectivity index (χ2v) is 8.36. The van der Waals surface area contributed by atoms with Crippen molar-refractivity contribution in [2.45, 2.75) is 31.6 Å². The van der Waals surface area contributed by atoms with Crippen molar-refractivity contribution >= 4 is 21.8 Å². The van der Waals surface area contributed by atoms with Gasteiger partial charge < -0.3 is 10.2 Å². The minimum absolute atomic E-state index is 0.0566. The Kier molecular flexibility index (Phi) is 4.08. The van der Waals surface area contributed by atoms with Crippen LogP contribution in [0, 0.1) is 6.92 Å². The molecule has 1 aliphatic heterocycles. The Labute approximate surface area is 130 Å². The molecule has 1 N–H and O–H groups in total. The van der Waals surface area contributed by atoms with Crippen LogP contribution in [0.3, 0.4) is 0 Å². The first-order valence-electron chi connectivity index (χ1n) is 6.99. The molecule has 122 valence electrons. The molecule has 1 aliphatic rings. The SMILES string of the molecule is CNC(=O)[C@@](C)(CCN1Cc2cc(C)cn2C1=O)S(C)(=O)=O. The van der Waals surface area contributed by atoms with Gasteiger partial charge in [-0.05, 0) is 31.9 Å². The summed E-state index contributed by atoms with van der Waals surface area (Å²) in [6.45, 7) is 3.94. The molecule has 1 atom stereocenters. The summed E-state index contributed by atoms with van der Waals surface area (Å²) >= 11 is 0. The Morgan fingerprint density at radius 1 is 1.45 bits per heavy atom. The highest BCUT2D eigenvalue weighted by Crippen LogP contribution is 2.25. The van der Waals surface area contributed by atoms with E-state index in [-0.39, 0.29) is 19.0 Å². The van der Waals surface area contributed by atoms with Crippen LogP contribution >= 0.6 is 0 Å². The zero-order valence-corrected chi connectivity index (χ0v) is 14.0. The van der Waals surface area contributed by atoms with E-state index in [9.17, 15) is 18.0 Å². The van der Waals surface area contributed by atoms with Crippen molar-refractivity contribution < 1.29 is 18.0 Å². The maximum absolute atomic E-state index is 12.3. The minimum Gasteiger partial charge on any atom is -0.358 e. The van der Waals surface area contributed by atoms with Gasteiger partial charge in [0.05, 0.1) is 6.54 Å². The molecule has 0 saturated carbocycles. The maximum Gasteiger partial charge on any atom is 0.328 e. The highest BCUT2D eigenvalue weighted by atomic mass is 32.2. The van der Waals surface area contributed by atoms with Gasteiger partial charge in [-0.1, -0.05) is 0 Å². The molecule has 0 unspecified atom stereocenters. The van der Waals surface area contributed by atoms with E-state index in [0.29, 0.717) is 6.54 Å². The van der Waals surface area contributed by atoms with Gasteiger partial charge in [0.25, 0.3) is 0 Å². The Bertz CT molecular complexity index is 722. The highest BCUT2D eigenvalue weighted by Gasteiger charge is 2.43. The second kappa shape index (κ2) is 5.42. The molecule has 2 heterocycles. The molecule has 7 nitrogen and oxygen atoms in total. The molecule has 0 bridgehead atoms. The standard InChI is InChI=1S/C14H21N3O4S/c1-10-7-11-9-16(13(19)17(11)8-10)6-5-14(2,12(18)15-3)22(4,20)21/h7-8H,5-6,9H2,1-4H3,(H,15,18)/t14-/m1/s1. The van der Waals surface area contributed by atoms with E-state index in [1.165, 1.54) is 14.0 Å². The van der Waals surface area contributed by atoms with E-state index >= 15 is 0 Å². The van der Waals surface area contributed by atoms with Crippen LogP contribution in [0.25, 0.3) is 0 Å². The Morgan fingerprint density at radius 3 is 2.59 bits per heavy atom. The first-order chi connectivity index (χ1) is 10.1. The van der Waals surface area contributed by atoms with Crippen molar-refractivity contribution in [3.63, 3.8) is 0 Å². The van der Waals surface area contributed by atoms with Crippen molar-refractivity contribution in [2.75, 3.05) is 19.8 Å². The molecule has 8 heteroatoms. The monoisotopic (exact) mass is 327 g/mol. The molecule has 2 amide bonds. The number of hydrogen-bond acceptors (Lipinski definition) is 4. The van der Waals surface area contributed by atoms with Crippen molar-refractivity contribution in [3.8, 4) is 0 Å². The number of carbonyl (C=O) groups is 2. The van der Waals surface area contributed by atoms with E-state index in [0.717, 1.165) is 17.5 Å². The second-order valence-electron chi connectivity index (χ2n) is 5.92. The largest absolute Gasteiger partial charge is 0.358 e. The number of aromatic nitrogens is 1. The lowest BCUT2D eigenvalue weighted by Crippen LogP contribution is -2.50. The van der Waals surface area contributed by atoms with Crippen LogP contribution in [-0.4, -0.2) is 54.4 Å². The number of nitrogens with one attached hydrogen (secondary N) is 1. The number of fused-ring (bicyclic) bond motifs is 1. The van der Waals surface area contributed by atoms with Gasteiger partial charge in [0.1, 0.15) is 4.75 Å². The minimum atomic E-state index is -3.60. The molecular formula is C14H21N3O4S. The lowest BCUT2D eigenvalue weighted by molar-refractivity contribution is -0.123. The van der Waals surface area contributed by atoms with Crippen LogP contribution in [0.2, 0.25) is 0 Å². The van der Waals surface area contributed by atoms with E-state index < -0.39 is 20.5 Å². The Balaban J connectivity index is 2.14. The van der Waals surface area contributed by atoms with E-state index in [4.69, 9.17) is 0 Å². The van der Waals surface area contributed by atoms with Crippen molar-refractivity contribution in [1.82, 2.24) is 14.8 Å². The quantitative estimate of drug-likeness (QED) is 0.854. The van der Waals surface area contributed by atoms with Gasteiger partial charge in [0.2, 0.25) is 5.91 Å². The van der Waals surface area contributed by atoms with Crippen molar-refractivity contribution in [3.05, 3.63) is 23.5 Å². The van der Waals surface area contributed by atoms with Gasteiger partial charge in [-0.15, -0.1) is 0 Å². The summed E-state index contributed by atoms with van der Waals surface area (Å²) < 4.78 is 24.0. The predicted octanol–water partition coefficient (Wildman–Crippen LogP) is 0.520. The molecule has 0 aromatic carbocycles. The summed E-state index contributed by atoms with van der Waals surface area (Å²) in [5.74, 6) is -0.558. The van der Waals surface area contributed by atoms with Gasteiger partial charge in [-0.3, -0.25) is 9.36 Å². The molecule has 0 aliphatic carbocycles. The number of nitrogens with zero attached hydrogens (tertiary/aromatic N) is 2. The first kappa shape index (κ1) is 16.5. The number of aryl methyl sites for hydroxylation is 1. The maximum atomic E-state index is 12.3. The zero-order valence-electron chi connectivity index (χ0n) is 13.2. The van der Waals surface area contributed by atoms with Gasteiger partial charge in [0, 0.05) is 31.7 Å². The van der Waals surface area contributed by atoms with E-state index in [1.54, 1.807) is 15.7 Å². The lowest BCUT2D eigenvalue weighted by Gasteiger charge is -2.27. The summed E-state index contributed by atoms with van der Waals surface area (Å²) in [5, 5.41) is 2.39. The number of rotatable bonds is 5. The van der Waals surface area contributed by atoms with Crippen LogP contribution < -0.4 is 5.32 Å². The topological polar surface area (TPSA) is 88.5 Å². The van der Waals surface area contributed by atoms with Gasteiger partial charge in [0.15, 0.2) is 9.84 Å². The summed E-state index contributed by atoms with van der Waals surface area (Å²) in [7, 11) is -2.20. The number of carbonyl (C=O) groups excluding carboxylic acids is 2. The molecule has 22 heavy (non-hydrogen) atoms. The Morgan fingerprint density at radius 2 is 2.09 bits per heavy atom. The fourth-order valence-electron chi connectivity index (χ4n) is 2.63. The predicted molar refractivity (Wildman–Crippen MR) is 82.3 cm³/mol. The molecule has 0 spiro atoms. The fraction of sp³-hybridized carbons (Fsp3) is 0.571. The fourth-order valence-corrected chi connectivity index (χ4v) is 3.53. The highest BCUT2D eigenvalue weighted by molar-refractivity contribution is 7.92. The first-order valence-corrected chi connectivity index (χ1v) is 8.88. The Hall–Kier alpha value is -1.83. The summed E-state index contributed by atoms with van der Waals surface area (Å²) in [5.41, 5.74) is 1.89.